The molecule has 0 aromatic heterocycles. The lowest BCUT2D eigenvalue weighted by Gasteiger charge is -2.29. The van der Waals surface area contributed by atoms with E-state index in [1.165, 1.54) is 18.2 Å². The van der Waals surface area contributed by atoms with E-state index in [4.69, 9.17) is 5.73 Å². The number of nitrogens with one attached hydrogen (secondary N) is 1. The molecular formula is C11H17FN2O2S. The van der Waals surface area contributed by atoms with E-state index in [1.54, 1.807) is 20.8 Å². The Morgan fingerprint density at radius 3 is 2.35 bits per heavy atom. The average molecular weight is 260 g/mol. The first-order valence-corrected chi connectivity index (χ1v) is 6.69. The van der Waals surface area contributed by atoms with Crippen LogP contribution in [0, 0.1) is 5.82 Å². The third-order valence-corrected chi connectivity index (χ3v) is 4.37. The summed E-state index contributed by atoms with van der Waals surface area (Å²) in [4.78, 5) is -0.367. The Bertz CT molecular complexity index is 498. The third-order valence-electron chi connectivity index (χ3n) is 2.66. The van der Waals surface area contributed by atoms with Crippen LogP contribution in [0.25, 0.3) is 0 Å². The third kappa shape index (κ3) is 3.24. The summed E-state index contributed by atoms with van der Waals surface area (Å²) >= 11 is 0. The van der Waals surface area contributed by atoms with Crippen LogP contribution in [0.3, 0.4) is 0 Å². The molecule has 0 aliphatic carbocycles. The van der Waals surface area contributed by atoms with Crippen LogP contribution in [-0.4, -0.2) is 20.0 Å². The van der Waals surface area contributed by atoms with Crippen LogP contribution in [0.2, 0.25) is 0 Å². The Balaban J connectivity index is 3.11. The summed E-state index contributed by atoms with van der Waals surface area (Å²) < 4.78 is 39.7. The smallest absolute Gasteiger partial charge is 0.244 e. The standard InChI is InChI=1S/C11H17FN2O2S/c1-8(13)11(2,3)14-17(15,16)10-7-5-4-6-9(10)12/h4-8,14H,13H2,1-3H3. The molecule has 1 rings (SSSR count). The SMILES string of the molecule is CC(N)C(C)(C)NS(=O)(=O)c1ccccc1F. The highest BCUT2D eigenvalue weighted by atomic mass is 32.2. The molecule has 0 fully saturated rings. The molecule has 0 saturated heterocycles. The average Bonchev–Trinajstić information content (AvgIpc) is 2.16. The first-order chi connectivity index (χ1) is 7.67. The molecule has 0 heterocycles. The van der Waals surface area contributed by atoms with Crippen molar-refractivity contribution in [3.8, 4) is 0 Å². The van der Waals surface area contributed by atoms with E-state index in [9.17, 15) is 12.8 Å². The van der Waals surface area contributed by atoms with Crippen LogP contribution in [0.15, 0.2) is 29.2 Å². The fourth-order valence-corrected chi connectivity index (χ4v) is 2.73. The normalized spacial score (nSPS) is 14.6. The van der Waals surface area contributed by atoms with Gasteiger partial charge in [0.1, 0.15) is 10.7 Å². The van der Waals surface area contributed by atoms with E-state index >= 15 is 0 Å². The Morgan fingerprint density at radius 2 is 1.88 bits per heavy atom. The molecular weight excluding hydrogens is 243 g/mol. The molecule has 1 unspecified atom stereocenters. The van der Waals surface area contributed by atoms with Gasteiger partial charge in [0.15, 0.2) is 0 Å². The summed E-state index contributed by atoms with van der Waals surface area (Å²) in [6.45, 7) is 4.98. The molecule has 0 aliphatic rings. The summed E-state index contributed by atoms with van der Waals surface area (Å²) in [6.07, 6.45) is 0. The number of benzene rings is 1. The van der Waals surface area contributed by atoms with Gasteiger partial charge in [-0.25, -0.2) is 17.5 Å². The van der Waals surface area contributed by atoms with Gasteiger partial charge in [0.05, 0.1) is 0 Å². The molecule has 1 aromatic carbocycles. The lowest BCUT2D eigenvalue weighted by atomic mass is 9.99. The second kappa shape index (κ2) is 4.72. The van der Waals surface area contributed by atoms with Gasteiger partial charge in [-0.2, -0.15) is 0 Å². The monoisotopic (exact) mass is 260 g/mol. The Kier molecular flexibility index (Phi) is 3.91. The molecule has 17 heavy (non-hydrogen) atoms. The van der Waals surface area contributed by atoms with E-state index in [-0.39, 0.29) is 4.90 Å². The maximum atomic E-state index is 13.4. The number of nitrogens with two attached hydrogens (primary N) is 1. The zero-order valence-electron chi connectivity index (χ0n) is 10.1. The van der Waals surface area contributed by atoms with Crippen LogP contribution >= 0.6 is 0 Å². The minimum absolute atomic E-state index is 0.367. The van der Waals surface area contributed by atoms with Crippen LogP contribution in [0.1, 0.15) is 20.8 Å². The quantitative estimate of drug-likeness (QED) is 0.855. The van der Waals surface area contributed by atoms with Gasteiger partial charge in [-0.3, -0.25) is 0 Å². The van der Waals surface area contributed by atoms with Gasteiger partial charge in [0.2, 0.25) is 10.0 Å². The van der Waals surface area contributed by atoms with Gasteiger partial charge in [0, 0.05) is 11.6 Å². The molecule has 1 aromatic rings. The zero-order valence-corrected chi connectivity index (χ0v) is 10.9. The van der Waals surface area contributed by atoms with Gasteiger partial charge in [-0.15, -0.1) is 0 Å². The Labute approximate surface area is 101 Å². The fraction of sp³-hybridized carbons (Fsp3) is 0.455. The first kappa shape index (κ1) is 14.1. The van der Waals surface area contributed by atoms with Crippen LogP contribution in [-0.2, 0) is 10.0 Å². The van der Waals surface area contributed by atoms with Crippen molar-refractivity contribution < 1.29 is 12.8 Å². The first-order valence-electron chi connectivity index (χ1n) is 5.21. The number of sulfonamides is 1. The molecule has 0 amide bonds. The predicted octanol–water partition coefficient (Wildman–Crippen LogP) is 1.23. The minimum Gasteiger partial charge on any atom is -0.326 e. The lowest BCUT2D eigenvalue weighted by Crippen LogP contribution is -2.54. The van der Waals surface area contributed by atoms with Gasteiger partial charge < -0.3 is 5.73 Å². The van der Waals surface area contributed by atoms with E-state index in [0.29, 0.717) is 0 Å². The number of rotatable bonds is 4. The van der Waals surface area contributed by atoms with Crippen molar-refractivity contribution in [2.45, 2.75) is 37.2 Å². The number of hydrogen-bond acceptors (Lipinski definition) is 3. The highest BCUT2D eigenvalue weighted by molar-refractivity contribution is 7.89. The predicted molar refractivity (Wildman–Crippen MR) is 64.4 cm³/mol. The van der Waals surface area contributed by atoms with Gasteiger partial charge in [0.25, 0.3) is 0 Å². The fourth-order valence-electron chi connectivity index (χ4n) is 1.16. The molecule has 0 bridgehead atoms. The topological polar surface area (TPSA) is 72.2 Å². The molecule has 3 N–H and O–H groups in total. The summed E-state index contributed by atoms with van der Waals surface area (Å²) in [5, 5.41) is 0. The van der Waals surface area contributed by atoms with Crippen molar-refractivity contribution in [1.82, 2.24) is 4.72 Å². The van der Waals surface area contributed by atoms with Crippen LogP contribution in [0.5, 0.6) is 0 Å². The summed E-state index contributed by atoms with van der Waals surface area (Å²) in [6, 6.07) is 4.83. The minimum atomic E-state index is -3.90. The molecule has 6 heteroatoms. The molecule has 0 saturated carbocycles. The zero-order chi connectivity index (χ0) is 13.3. The molecule has 4 nitrogen and oxygen atoms in total. The van der Waals surface area contributed by atoms with E-state index < -0.39 is 27.4 Å². The number of hydrogen-bond donors (Lipinski definition) is 2. The van der Waals surface area contributed by atoms with Crippen molar-refractivity contribution in [3.63, 3.8) is 0 Å². The lowest BCUT2D eigenvalue weighted by molar-refractivity contribution is 0.386. The van der Waals surface area contributed by atoms with Crippen molar-refractivity contribution in [2.75, 3.05) is 0 Å². The highest BCUT2D eigenvalue weighted by Crippen LogP contribution is 2.17. The van der Waals surface area contributed by atoms with E-state index in [2.05, 4.69) is 4.72 Å². The largest absolute Gasteiger partial charge is 0.326 e. The van der Waals surface area contributed by atoms with Crippen molar-refractivity contribution in [1.29, 1.82) is 0 Å². The van der Waals surface area contributed by atoms with Gasteiger partial charge >= 0.3 is 0 Å². The summed E-state index contributed by atoms with van der Waals surface area (Å²) in [7, 11) is -3.90. The molecule has 96 valence electrons. The molecule has 0 aliphatic heterocycles. The highest BCUT2D eigenvalue weighted by Gasteiger charge is 2.30. The second-order valence-corrected chi connectivity index (χ2v) is 6.20. The number of halogens is 1. The Hall–Kier alpha value is -0.980. The maximum Gasteiger partial charge on any atom is 0.244 e. The van der Waals surface area contributed by atoms with Crippen molar-refractivity contribution in [3.05, 3.63) is 30.1 Å². The van der Waals surface area contributed by atoms with Gasteiger partial charge in [-0.1, -0.05) is 12.1 Å². The summed E-state index contributed by atoms with van der Waals surface area (Å²) in [5.74, 6) is -0.777. The summed E-state index contributed by atoms with van der Waals surface area (Å²) in [5.41, 5.74) is 4.83. The van der Waals surface area contributed by atoms with E-state index in [1.807, 2.05) is 0 Å². The van der Waals surface area contributed by atoms with Crippen LogP contribution in [0.4, 0.5) is 4.39 Å². The Morgan fingerprint density at radius 1 is 1.35 bits per heavy atom. The van der Waals surface area contributed by atoms with E-state index in [0.717, 1.165) is 6.07 Å². The van der Waals surface area contributed by atoms with Crippen molar-refractivity contribution in [2.24, 2.45) is 5.73 Å². The molecule has 0 radical (unpaired) electrons. The molecule has 0 spiro atoms. The second-order valence-electron chi connectivity index (χ2n) is 4.55. The maximum absolute atomic E-state index is 13.4. The molecule has 1 atom stereocenters. The van der Waals surface area contributed by atoms with Crippen LogP contribution < -0.4 is 10.5 Å². The van der Waals surface area contributed by atoms with Crippen molar-refractivity contribution >= 4 is 10.0 Å². The van der Waals surface area contributed by atoms with Gasteiger partial charge in [-0.05, 0) is 32.9 Å².